The lowest BCUT2D eigenvalue weighted by atomic mass is 10.1. The van der Waals surface area contributed by atoms with Gasteiger partial charge in [0.2, 0.25) is 5.91 Å². The van der Waals surface area contributed by atoms with Crippen molar-refractivity contribution in [2.45, 2.75) is 19.4 Å². The number of ether oxygens (including phenoxy) is 2. The molecule has 1 unspecified atom stereocenters. The van der Waals surface area contributed by atoms with Crippen LogP contribution in [0.15, 0.2) is 48.5 Å². The molecule has 2 aliphatic heterocycles. The number of carbonyl (C=O) groups is 2. The summed E-state index contributed by atoms with van der Waals surface area (Å²) in [5.74, 6) is 1.49. The van der Waals surface area contributed by atoms with E-state index in [9.17, 15) is 9.59 Å². The zero-order valence-corrected chi connectivity index (χ0v) is 17.4. The van der Waals surface area contributed by atoms with E-state index in [2.05, 4.69) is 4.90 Å². The number of hydrogen-bond donors (Lipinski definition) is 0. The number of hydrogen-bond acceptors (Lipinski definition) is 5. The molecular weight excluding hydrogens is 382 g/mol. The fraction of sp³-hybridized carbons (Fsp3) is 0.391. The smallest absolute Gasteiger partial charge is 0.267 e. The van der Waals surface area contributed by atoms with Crippen molar-refractivity contribution in [2.75, 3.05) is 49.6 Å². The lowest BCUT2D eigenvalue weighted by molar-refractivity contribution is -0.131. The summed E-state index contributed by atoms with van der Waals surface area (Å²) >= 11 is 0. The molecule has 1 atom stereocenters. The topological polar surface area (TPSA) is 62.3 Å². The first-order valence-corrected chi connectivity index (χ1v) is 10.3. The summed E-state index contributed by atoms with van der Waals surface area (Å²) in [6.07, 6.45) is -0.238. The first-order chi connectivity index (χ1) is 14.6. The minimum Gasteiger partial charge on any atom is -0.497 e. The molecule has 30 heavy (non-hydrogen) atoms. The van der Waals surface area contributed by atoms with Crippen LogP contribution >= 0.6 is 0 Å². The van der Waals surface area contributed by atoms with E-state index in [-0.39, 0.29) is 11.8 Å². The van der Waals surface area contributed by atoms with E-state index in [1.807, 2.05) is 53.4 Å². The summed E-state index contributed by atoms with van der Waals surface area (Å²) < 4.78 is 10.9. The standard InChI is InChI=1S/C23H27N3O4/c1-17-23(28)26(20-5-3-4-6-21(20)30-17)12-11-22(27)25-15-13-24(14-16-25)18-7-9-19(29-2)10-8-18/h3-10,17H,11-16H2,1-2H3. The van der Waals surface area contributed by atoms with Gasteiger partial charge in [0, 0.05) is 44.8 Å². The summed E-state index contributed by atoms with van der Waals surface area (Å²) in [5, 5.41) is 0. The number of amides is 2. The van der Waals surface area contributed by atoms with Crippen LogP contribution < -0.4 is 19.3 Å². The van der Waals surface area contributed by atoms with Crippen LogP contribution in [-0.4, -0.2) is 62.7 Å². The van der Waals surface area contributed by atoms with Crippen molar-refractivity contribution in [3.05, 3.63) is 48.5 Å². The molecule has 0 bridgehead atoms. The largest absolute Gasteiger partial charge is 0.497 e. The zero-order valence-electron chi connectivity index (χ0n) is 17.4. The van der Waals surface area contributed by atoms with Gasteiger partial charge in [-0.25, -0.2) is 0 Å². The third-order valence-electron chi connectivity index (χ3n) is 5.69. The number of nitrogens with zero attached hydrogens (tertiary/aromatic N) is 3. The molecule has 0 aliphatic carbocycles. The minimum atomic E-state index is -0.539. The molecular formula is C23H27N3O4. The van der Waals surface area contributed by atoms with E-state index in [0.29, 0.717) is 31.8 Å². The maximum atomic E-state index is 12.8. The van der Waals surface area contributed by atoms with Crippen molar-refractivity contribution < 1.29 is 19.1 Å². The van der Waals surface area contributed by atoms with Crippen LogP contribution in [0, 0.1) is 0 Å². The Bertz CT molecular complexity index is 907. The minimum absolute atomic E-state index is 0.0776. The molecule has 0 spiro atoms. The molecule has 1 fully saturated rings. The fourth-order valence-corrected chi connectivity index (χ4v) is 3.96. The highest BCUT2D eigenvalue weighted by molar-refractivity contribution is 6.00. The second kappa shape index (κ2) is 8.65. The summed E-state index contributed by atoms with van der Waals surface area (Å²) in [7, 11) is 1.66. The lowest BCUT2D eigenvalue weighted by Crippen LogP contribution is -2.50. The number of rotatable bonds is 5. The van der Waals surface area contributed by atoms with Crippen LogP contribution in [0.5, 0.6) is 11.5 Å². The van der Waals surface area contributed by atoms with E-state index in [4.69, 9.17) is 9.47 Å². The molecule has 4 rings (SSSR count). The Labute approximate surface area is 176 Å². The van der Waals surface area contributed by atoms with Crippen molar-refractivity contribution in [3.63, 3.8) is 0 Å². The summed E-state index contributed by atoms with van der Waals surface area (Å²) in [6, 6.07) is 15.4. The van der Waals surface area contributed by atoms with Crippen LogP contribution in [0.25, 0.3) is 0 Å². The van der Waals surface area contributed by atoms with Gasteiger partial charge < -0.3 is 24.2 Å². The molecule has 0 N–H and O–H groups in total. The Balaban J connectivity index is 1.32. The van der Waals surface area contributed by atoms with E-state index in [0.717, 1.165) is 30.2 Å². The average Bonchev–Trinajstić information content (AvgIpc) is 2.79. The molecule has 2 heterocycles. The Morgan fingerprint density at radius 3 is 2.47 bits per heavy atom. The molecule has 0 radical (unpaired) electrons. The van der Waals surface area contributed by atoms with Crippen molar-refractivity contribution in [2.24, 2.45) is 0 Å². The Morgan fingerprint density at radius 2 is 1.77 bits per heavy atom. The fourth-order valence-electron chi connectivity index (χ4n) is 3.96. The highest BCUT2D eigenvalue weighted by atomic mass is 16.5. The maximum absolute atomic E-state index is 12.8. The number of benzene rings is 2. The van der Waals surface area contributed by atoms with Gasteiger partial charge in [0.1, 0.15) is 11.5 Å². The third kappa shape index (κ3) is 4.06. The van der Waals surface area contributed by atoms with Crippen LogP contribution in [0.1, 0.15) is 13.3 Å². The van der Waals surface area contributed by atoms with Gasteiger partial charge in [0.15, 0.2) is 6.10 Å². The van der Waals surface area contributed by atoms with Crippen LogP contribution in [0.2, 0.25) is 0 Å². The third-order valence-corrected chi connectivity index (χ3v) is 5.69. The number of piperazine rings is 1. The first kappa shape index (κ1) is 20.1. The van der Waals surface area contributed by atoms with Crippen molar-refractivity contribution in [1.29, 1.82) is 0 Å². The van der Waals surface area contributed by atoms with Gasteiger partial charge in [-0.3, -0.25) is 9.59 Å². The highest BCUT2D eigenvalue weighted by Crippen LogP contribution is 2.33. The van der Waals surface area contributed by atoms with E-state index < -0.39 is 6.10 Å². The number of anilines is 2. The second-order valence-electron chi connectivity index (χ2n) is 7.53. The molecule has 2 amide bonds. The lowest BCUT2D eigenvalue weighted by Gasteiger charge is -2.37. The Hall–Kier alpha value is -3.22. The number of para-hydroxylation sites is 2. The van der Waals surface area contributed by atoms with Gasteiger partial charge in [0.25, 0.3) is 5.91 Å². The number of fused-ring (bicyclic) bond motifs is 1. The van der Waals surface area contributed by atoms with Crippen LogP contribution in [0.3, 0.4) is 0 Å². The summed E-state index contributed by atoms with van der Waals surface area (Å²) in [5.41, 5.74) is 1.87. The zero-order chi connectivity index (χ0) is 21.1. The molecule has 7 nitrogen and oxygen atoms in total. The normalized spacial score (nSPS) is 18.7. The number of methoxy groups -OCH3 is 1. The predicted molar refractivity (Wildman–Crippen MR) is 115 cm³/mol. The van der Waals surface area contributed by atoms with Gasteiger partial charge in [-0.15, -0.1) is 0 Å². The van der Waals surface area contributed by atoms with E-state index in [1.165, 1.54) is 0 Å². The van der Waals surface area contributed by atoms with Gasteiger partial charge in [-0.2, -0.15) is 0 Å². The summed E-state index contributed by atoms with van der Waals surface area (Å²) in [6.45, 7) is 5.03. The van der Waals surface area contributed by atoms with Gasteiger partial charge in [-0.1, -0.05) is 12.1 Å². The predicted octanol–water partition coefficient (Wildman–Crippen LogP) is 2.55. The van der Waals surface area contributed by atoms with E-state index in [1.54, 1.807) is 18.9 Å². The van der Waals surface area contributed by atoms with Crippen molar-refractivity contribution in [3.8, 4) is 11.5 Å². The van der Waals surface area contributed by atoms with Gasteiger partial charge in [-0.05, 0) is 43.3 Å². The molecule has 2 aromatic rings. The van der Waals surface area contributed by atoms with Crippen molar-refractivity contribution >= 4 is 23.2 Å². The molecule has 1 saturated heterocycles. The summed E-state index contributed by atoms with van der Waals surface area (Å²) in [4.78, 5) is 31.2. The SMILES string of the molecule is COc1ccc(N2CCN(C(=O)CCN3C(=O)C(C)Oc4ccccc43)CC2)cc1. The van der Waals surface area contributed by atoms with Crippen LogP contribution in [0.4, 0.5) is 11.4 Å². The molecule has 0 aromatic heterocycles. The molecule has 158 valence electrons. The molecule has 0 saturated carbocycles. The molecule has 7 heteroatoms. The van der Waals surface area contributed by atoms with Gasteiger partial charge >= 0.3 is 0 Å². The highest BCUT2D eigenvalue weighted by Gasteiger charge is 2.32. The van der Waals surface area contributed by atoms with Crippen molar-refractivity contribution in [1.82, 2.24) is 4.90 Å². The number of carbonyl (C=O) groups excluding carboxylic acids is 2. The first-order valence-electron chi connectivity index (χ1n) is 10.3. The van der Waals surface area contributed by atoms with Gasteiger partial charge in [0.05, 0.1) is 12.8 Å². The molecule has 2 aromatic carbocycles. The Morgan fingerprint density at radius 1 is 1.07 bits per heavy atom. The maximum Gasteiger partial charge on any atom is 0.267 e. The average molecular weight is 409 g/mol. The molecule has 2 aliphatic rings. The monoisotopic (exact) mass is 409 g/mol. The Kier molecular flexibility index (Phi) is 5.79. The second-order valence-corrected chi connectivity index (χ2v) is 7.53. The van der Waals surface area contributed by atoms with E-state index >= 15 is 0 Å². The quantitative estimate of drug-likeness (QED) is 0.760. The van der Waals surface area contributed by atoms with Crippen LogP contribution in [-0.2, 0) is 9.59 Å².